The molecule has 28 heavy (non-hydrogen) atoms. The molecule has 0 saturated heterocycles. The van der Waals surface area contributed by atoms with Crippen molar-refractivity contribution in [2.45, 2.75) is 19.9 Å². The van der Waals surface area contributed by atoms with Crippen molar-refractivity contribution in [2.75, 3.05) is 0 Å². The van der Waals surface area contributed by atoms with Crippen molar-refractivity contribution in [3.8, 4) is 11.3 Å². The van der Waals surface area contributed by atoms with Crippen molar-refractivity contribution in [1.29, 1.82) is 0 Å². The zero-order valence-electron chi connectivity index (χ0n) is 14.0. The van der Waals surface area contributed by atoms with E-state index in [1.807, 2.05) is 0 Å². The first kappa shape index (κ1) is 22.1. The maximum Gasteiger partial charge on any atom is 0.301 e. The van der Waals surface area contributed by atoms with E-state index in [0.717, 1.165) is 10.6 Å². The Kier molecular flexibility index (Phi) is 6.66. The van der Waals surface area contributed by atoms with Gasteiger partial charge in [0.25, 0.3) is 5.56 Å². The number of allylic oxidation sites excluding steroid dienone is 1. The Morgan fingerprint density at radius 3 is 2.21 bits per heavy atom. The number of nitrogens with zero attached hydrogens (tertiary/aromatic N) is 1. The van der Waals surface area contributed by atoms with Gasteiger partial charge in [-0.15, -0.1) is 0 Å². The summed E-state index contributed by atoms with van der Waals surface area (Å²) < 4.78 is 67.6. The Balaban J connectivity index is 3.02. The number of hydrogen-bond acceptors (Lipinski definition) is 3. The molecule has 0 unspecified atom stereocenters. The molecule has 0 bridgehead atoms. The summed E-state index contributed by atoms with van der Waals surface area (Å²) in [6.07, 6.45) is -3.41. The molecule has 0 amide bonds. The van der Waals surface area contributed by atoms with E-state index in [0.29, 0.717) is 12.1 Å². The number of Topliss-reactive ketones (excluding diaryl/α,β-unsaturated/α-hetero) is 1. The second kappa shape index (κ2) is 8.44. The Morgan fingerprint density at radius 2 is 1.75 bits per heavy atom. The molecule has 1 heterocycles. The molecule has 0 aliphatic carbocycles. The highest BCUT2D eigenvalue weighted by atomic mass is 79.9. The molecule has 150 valence electrons. The molecule has 0 saturated carbocycles. The Bertz CT molecular complexity index is 1030. The van der Waals surface area contributed by atoms with Crippen LogP contribution in [0.15, 0.2) is 27.5 Å². The lowest BCUT2D eigenvalue weighted by atomic mass is 10.0. The van der Waals surface area contributed by atoms with E-state index in [9.17, 15) is 31.5 Å². The molecule has 0 aliphatic heterocycles. The number of hydrogen-bond donors (Lipinski definition) is 1. The second-order valence-corrected chi connectivity index (χ2v) is 6.64. The zero-order chi connectivity index (χ0) is 21.3. The van der Waals surface area contributed by atoms with Gasteiger partial charge in [-0.1, -0.05) is 11.6 Å². The van der Waals surface area contributed by atoms with Gasteiger partial charge in [-0.25, -0.2) is 22.0 Å². The summed E-state index contributed by atoms with van der Waals surface area (Å²) in [5, 5.41) is -0.434. The molecular formula is C17H11BrClF5N2O2. The zero-order valence-corrected chi connectivity index (χ0v) is 16.3. The molecule has 0 radical (unpaired) electrons. The minimum Gasteiger partial charge on any atom is -0.397 e. The third-order valence-electron chi connectivity index (χ3n) is 3.75. The fraction of sp³-hybridized carbons (Fsp3) is 0.176. The topological polar surface area (TPSA) is 65.1 Å². The first-order valence-electron chi connectivity index (χ1n) is 7.57. The number of benzene rings is 1. The minimum absolute atomic E-state index is 0.147. The molecule has 2 aromatic rings. The van der Waals surface area contributed by atoms with Crippen LogP contribution in [0.25, 0.3) is 17.0 Å². The summed E-state index contributed by atoms with van der Waals surface area (Å²) in [5.74, 6) is -5.63. The molecule has 2 N–H and O–H groups in total. The summed E-state index contributed by atoms with van der Waals surface area (Å²) in [7, 11) is 0. The number of ketones is 1. The lowest BCUT2D eigenvalue weighted by Crippen LogP contribution is -2.25. The first-order valence-corrected chi connectivity index (χ1v) is 8.74. The molecule has 2 rings (SSSR count). The number of carbonyl (C=O) groups excluding carboxylic acids is 1. The fourth-order valence-corrected chi connectivity index (χ4v) is 3.12. The van der Waals surface area contributed by atoms with Gasteiger partial charge in [0.2, 0.25) is 5.78 Å². The van der Waals surface area contributed by atoms with Gasteiger partial charge in [0.1, 0.15) is 22.5 Å². The quantitative estimate of drug-likeness (QED) is 0.502. The fourth-order valence-electron chi connectivity index (χ4n) is 2.52. The summed E-state index contributed by atoms with van der Waals surface area (Å²) in [5.41, 5.74) is 2.61. The lowest BCUT2D eigenvalue weighted by Gasteiger charge is -2.19. The molecule has 4 nitrogen and oxygen atoms in total. The maximum atomic E-state index is 14.4. The van der Waals surface area contributed by atoms with Gasteiger partial charge in [0.15, 0.2) is 0 Å². The lowest BCUT2D eigenvalue weighted by molar-refractivity contribution is -0.124. The SMILES string of the molecule is CCn1c(-c2c(F)cc(F)cc2F)c(C(N)=C(Br)C(=O)C(F)F)cc(Cl)c1=O. The Hall–Kier alpha value is -2.20. The normalized spacial score (nSPS) is 12.3. The molecule has 0 aliphatic rings. The number of halogens is 7. The van der Waals surface area contributed by atoms with E-state index in [1.54, 1.807) is 0 Å². The van der Waals surface area contributed by atoms with Crippen molar-refractivity contribution in [3.05, 3.63) is 61.1 Å². The van der Waals surface area contributed by atoms with Crippen LogP contribution in [-0.2, 0) is 11.3 Å². The smallest absolute Gasteiger partial charge is 0.301 e. The number of pyridine rings is 1. The number of carbonyl (C=O) groups is 1. The van der Waals surface area contributed by atoms with Crippen LogP contribution >= 0.6 is 27.5 Å². The molecular weight excluding hydrogens is 475 g/mol. The van der Waals surface area contributed by atoms with Crippen LogP contribution in [0, 0.1) is 17.5 Å². The average molecular weight is 486 g/mol. The summed E-state index contributed by atoms with van der Waals surface area (Å²) in [6, 6.07) is 1.64. The molecule has 0 fully saturated rings. The van der Waals surface area contributed by atoms with Crippen LogP contribution in [0.2, 0.25) is 5.02 Å². The van der Waals surface area contributed by atoms with E-state index in [1.165, 1.54) is 6.92 Å². The van der Waals surface area contributed by atoms with Crippen LogP contribution in [0.3, 0.4) is 0 Å². The van der Waals surface area contributed by atoms with Gasteiger partial charge < -0.3 is 10.3 Å². The van der Waals surface area contributed by atoms with Crippen LogP contribution in [-0.4, -0.2) is 16.8 Å². The molecule has 1 aromatic carbocycles. The third kappa shape index (κ3) is 3.97. The van der Waals surface area contributed by atoms with Crippen molar-refractivity contribution in [2.24, 2.45) is 5.73 Å². The average Bonchev–Trinajstić information content (AvgIpc) is 2.61. The Morgan fingerprint density at radius 1 is 1.21 bits per heavy atom. The predicted molar refractivity (Wildman–Crippen MR) is 97.7 cm³/mol. The maximum absolute atomic E-state index is 14.4. The van der Waals surface area contributed by atoms with E-state index >= 15 is 0 Å². The first-order chi connectivity index (χ1) is 13.0. The van der Waals surface area contributed by atoms with Gasteiger partial charge in [-0.05, 0) is 28.9 Å². The highest BCUT2D eigenvalue weighted by Crippen LogP contribution is 2.34. The van der Waals surface area contributed by atoms with E-state index in [2.05, 4.69) is 15.9 Å². The molecule has 1 aromatic heterocycles. The van der Waals surface area contributed by atoms with Crippen LogP contribution in [0.5, 0.6) is 0 Å². The second-order valence-electron chi connectivity index (χ2n) is 5.44. The van der Waals surface area contributed by atoms with E-state index in [4.69, 9.17) is 17.3 Å². The highest BCUT2D eigenvalue weighted by Gasteiger charge is 2.27. The van der Waals surface area contributed by atoms with Gasteiger partial charge in [0.05, 0.1) is 21.4 Å². The number of alkyl halides is 2. The van der Waals surface area contributed by atoms with Crippen LogP contribution in [0.4, 0.5) is 22.0 Å². The minimum atomic E-state index is -3.41. The van der Waals surface area contributed by atoms with E-state index in [-0.39, 0.29) is 12.1 Å². The van der Waals surface area contributed by atoms with Crippen molar-refractivity contribution < 1.29 is 26.7 Å². The third-order valence-corrected chi connectivity index (χ3v) is 4.84. The number of rotatable bonds is 5. The molecule has 11 heteroatoms. The van der Waals surface area contributed by atoms with Gasteiger partial charge in [-0.2, -0.15) is 0 Å². The molecule has 0 spiro atoms. The van der Waals surface area contributed by atoms with Crippen LogP contribution < -0.4 is 11.3 Å². The predicted octanol–water partition coefficient (Wildman–Crippen LogP) is 4.46. The summed E-state index contributed by atoms with van der Waals surface area (Å²) in [4.78, 5) is 23.9. The number of nitrogens with two attached hydrogens (primary N) is 1. The van der Waals surface area contributed by atoms with E-state index < -0.39 is 61.7 Å². The standard InChI is InChI=1S/C17H11BrClF5N2O2/c1-2-26-14(11-9(21)3-6(20)4-10(11)22)7(5-8(19)17(26)28)13(25)12(18)15(27)16(23)24/h3-5,16H,2,25H2,1H3. The van der Waals surface area contributed by atoms with Crippen LogP contribution in [0.1, 0.15) is 12.5 Å². The van der Waals surface area contributed by atoms with Crippen molar-refractivity contribution in [1.82, 2.24) is 4.57 Å². The monoisotopic (exact) mass is 484 g/mol. The van der Waals surface area contributed by atoms with Gasteiger partial charge in [0, 0.05) is 24.2 Å². The summed E-state index contributed by atoms with van der Waals surface area (Å²) >= 11 is 8.48. The van der Waals surface area contributed by atoms with Crippen molar-refractivity contribution in [3.63, 3.8) is 0 Å². The molecule has 0 atom stereocenters. The van der Waals surface area contributed by atoms with Crippen molar-refractivity contribution >= 4 is 39.0 Å². The Labute approximate surface area is 168 Å². The van der Waals surface area contributed by atoms with Gasteiger partial charge in [-0.3, -0.25) is 9.59 Å². The highest BCUT2D eigenvalue weighted by molar-refractivity contribution is 9.12. The van der Waals surface area contributed by atoms with Gasteiger partial charge >= 0.3 is 6.43 Å². The number of aromatic nitrogens is 1. The summed E-state index contributed by atoms with van der Waals surface area (Å²) in [6.45, 7) is 1.30. The largest absolute Gasteiger partial charge is 0.397 e.